The van der Waals surface area contributed by atoms with Gasteiger partial charge < -0.3 is 10.6 Å². The van der Waals surface area contributed by atoms with Crippen molar-refractivity contribution in [1.82, 2.24) is 10.3 Å². The highest BCUT2D eigenvalue weighted by molar-refractivity contribution is 6.44. The van der Waals surface area contributed by atoms with Gasteiger partial charge in [0.15, 0.2) is 0 Å². The molecule has 5 nitrogen and oxygen atoms in total. The average molecular weight is 352 g/mol. The van der Waals surface area contributed by atoms with E-state index in [0.29, 0.717) is 22.8 Å². The molecule has 2 aromatic rings. The Balaban J connectivity index is 2.16. The minimum atomic E-state index is -0.424. The van der Waals surface area contributed by atoms with Crippen LogP contribution in [0.1, 0.15) is 34.1 Å². The molecule has 2 amide bonds. The summed E-state index contributed by atoms with van der Waals surface area (Å²) >= 11 is 11.9. The van der Waals surface area contributed by atoms with Crippen molar-refractivity contribution >= 4 is 40.7 Å². The van der Waals surface area contributed by atoms with Crippen LogP contribution in [-0.2, 0) is 0 Å². The van der Waals surface area contributed by atoms with E-state index < -0.39 is 5.91 Å². The van der Waals surface area contributed by atoms with E-state index in [9.17, 15) is 9.59 Å². The lowest BCUT2D eigenvalue weighted by molar-refractivity contribution is 0.0953. The number of carbonyl (C=O) groups excluding carboxylic acids is 2. The predicted octanol–water partition coefficient (Wildman–Crippen LogP) is 3.78. The molecule has 0 aliphatic heterocycles. The summed E-state index contributed by atoms with van der Waals surface area (Å²) in [5, 5.41) is 5.98. The van der Waals surface area contributed by atoms with E-state index >= 15 is 0 Å². The van der Waals surface area contributed by atoms with Crippen LogP contribution in [-0.4, -0.2) is 23.3 Å². The van der Waals surface area contributed by atoms with Crippen LogP contribution in [0, 0.1) is 0 Å². The van der Waals surface area contributed by atoms with Crippen molar-refractivity contribution in [2.24, 2.45) is 0 Å². The Bertz CT molecular complexity index is 735. The van der Waals surface area contributed by atoms with E-state index in [1.807, 2.05) is 6.92 Å². The second-order valence-electron chi connectivity index (χ2n) is 4.77. The molecule has 7 heteroatoms. The summed E-state index contributed by atoms with van der Waals surface area (Å²) in [4.78, 5) is 28.1. The first-order valence-corrected chi connectivity index (χ1v) is 7.77. The Morgan fingerprint density at radius 2 is 1.83 bits per heavy atom. The van der Waals surface area contributed by atoms with Gasteiger partial charge in [-0.2, -0.15) is 0 Å². The number of anilines is 1. The quantitative estimate of drug-likeness (QED) is 0.860. The molecule has 2 rings (SSSR count). The minimum absolute atomic E-state index is 0.255. The minimum Gasteiger partial charge on any atom is -0.352 e. The Kier molecular flexibility index (Phi) is 5.96. The van der Waals surface area contributed by atoms with Crippen molar-refractivity contribution < 1.29 is 9.59 Å². The second-order valence-corrected chi connectivity index (χ2v) is 5.56. The van der Waals surface area contributed by atoms with Gasteiger partial charge >= 0.3 is 0 Å². The fourth-order valence-corrected chi connectivity index (χ4v) is 2.17. The SMILES string of the molecule is CCCNC(=O)c1cncc(C(=O)Nc2cccc(Cl)c2Cl)c1. The molecule has 0 bridgehead atoms. The third-order valence-electron chi connectivity index (χ3n) is 3.00. The second kappa shape index (κ2) is 7.94. The first-order valence-electron chi connectivity index (χ1n) is 7.01. The normalized spacial score (nSPS) is 10.2. The lowest BCUT2D eigenvalue weighted by Gasteiger charge is -2.09. The summed E-state index contributed by atoms with van der Waals surface area (Å²) < 4.78 is 0. The Labute approximate surface area is 144 Å². The fraction of sp³-hybridized carbons (Fsp3) is 0.188. The molecule has 0 saturated heterocycles. The third kappa shape index (κ3) is 4.43. The summed E-state index contributed by atoms with van der Waals surface area (Å²) in [5.41, 5.74) is 0.971. The van der Waals surface area contributed by atoms with E-state index in [2.05, 4.69) is 15.6 Å². The van der Waals surface area contributed by atoms with E-state index in [1.165, 1.54) is 18.5 Å². The highest BCUT2D eigenvalue weighted by Gasteiger charge is 2.13. The Hall–Kier alpha value is -2.11. The molecule has 0 unspecified atom stereocenters. The van der Waals surface area contributed by atoms with Crippen LogP contribution in [0.15, 0.2) is 36.7 Å². The van der Waals surface area contributed by atoms with Gasteiger partial charge in [0.25, 0.3) is 11.8 Å². The molecule has 0 aliphatic carbocycles. The standard InChI is InChI=1S/C16H15Cl2N3O2/c1-2-6-20-15(22)10-7-11(9-19-8-10)16(23)21-13-5-3-4-12(17)14(13)18/h3-5,7-9H,2,6H2,1H3,(H,20,22)(H,21,23). The number of halogens is 2. The molecule has 0 fully saturated rings. The molecule has 0 atom stereocenters. The molecular formula is C16H15Cl2N3O2. The molecule has 120 valence electrons. The molecular weight excluding hydrogens is 337 g/mol. The van der Waals surface area contributed by atoms with Crippen molar-refractivity contribution in [3.63, 3.8) is 0 Å². The van der Waals surface area contributed by atoms with Gasteiger partial charge in [-0.25, -0.2) is 0 Å². The van der Waals surface area contributed by atoms with Gasteiger partial charge in [0.05, 0.1) is 26.9 Å². The largest absolute Gasteiger partial charge is 0.352 e. The molecule has 0 saturated carbocycles. The van der Waals surface area contributed by atoms with Gasteiger partial charge in [0, 0.05) is 18.9 Å². The third-order valence-corrected chi connectivity index (χ3v) is 3.82. The number of hydrogen-bond acceptors (Lipinski definition) is 3. The summed E-state index contributed by atoms with van der Waals surface area (Å²) in [6.45, 7) is 2.52. The lowest BCUT2D eigenvalue weighted by Crippen LogP contribution is -2.24. The van der Waals surface area contributed by atoms with E-state index in [0.717, 1.165) is 6.42 Å². The monoisotopic (exact) mass is 351 g/mol. The fourth-order valence-electron chi connectivity index (χ4n) is 1.82. The maximum Gasteiger partial charge on any atom is 0.257 e. The van der Waals surface area contributed by atoms with Gasteiger partial charge in [-0.1, -0.05) is 36.2 Å². The Morgan fingerprint density at radius 3 is 2.52 bits per heavy atom. The van der Waals surface area contributed by atoms with E-state index in [1.54, 1.807) is 18.2 Å². The highest BCUT2D eigenvalue weighted by Crippen LogP contribution is 2.29. The van der Waals surface area contributed by atoms with Gasteiger partial charge in [-0.05, 0) is 24.6 Å². The first-order chi connectivity index (χ1) is 11.0. The lowest BCUT2D eigenvalue weighted by atomic mass is 10.1. The molecule has 0 aliphatic rings. The molecule has 0 radical (unpaired) electrons. The molecule has 1 heterocycles. The number of carbonyl (C=O) groups is 2. The number of nitrogens with one attached hydrogen (secondary N) is 2. The van der Waals surface area contributed by atoms with Crippen molar-refractivity contribution in [2.75, 3.05) is 11.9 Å². The smallest absolute Gasteiger partial charge is 0.257 e. The zero-order valence-corrected chi connectivity index (χ0v) is 13.9. The summed E-state index contributed by atoms with van der Waals surface area (Å²) in [5.74, 6) is -0.693. The highest BCUT2D eigenvalue weighted by atomic mass is 35.5. The predicted molar refractivity (Wildman–Crippen MR) is 91.3 cm³/mol. The van der Waals surface area contributed by atoms with Gasteiger partial charge in [0.2, 0.25) is 0 Å². The number of amides is 2. The maximum absolute atomic E-state index is 12.3. The summed E-state index contributed by atoms with van der Waals surface area (Å²) in [6, 6.07) is 6.42. The molecule has 2 N–H and O–H groups in total. The Morgan fingerprint density at radius 1 is 1.13 bits per heavy atom. The van der Waals surface area contributed by atoms with Gasteiger partial charge in [-0.3, -0.25) is 14.6 Å². The van der Waals surface area contributed by atoms with E-state index in [-0.39, 0.29) is 16.5 Å². The molecule has 1 aromatic heterocycles. The van der Waals surface area contributed by atoms with Crippen LogP contribution < -0.4 is 10.6 Å². The van der Waals surface area contributed by atoms with Crippen LogP contribution in [0.25, 0.3) is 0 Å². The first kappa shape index (κ1) is 17.2. The van der Waals surface area contributed by atoms with Crippen LogP contribution in [0.5, 0.6) is 0 Å². The van der Waals surface area contributed by atoms with Crippen LogP contribution in [0.3, 0.4) is 0 Å². The number of nitrogens with zero attached hydrogens (tertiary/aromatic N) is 1. The van der Waals surface area contributed by atoms with Gasteiger partial charge in [0.1, 0.15) is 0 Å². The summed E-state index contributed by atoms with van der Waals surface area (Å²) in [6.07, 6.45) is 3.62. The maximum atomic E-state index is 12.3. The number of aromatic nitrogens is 1. The van der Waals surface area contributed by atoms with Crippen LogP contribution in [0.4, 0.5) is 5.69 Å². The average Bonchev–Trinajstić information content (AvgIpc) is 2.57. The van der Waals surface area contributed by atoms with Crippen LogP contribution >= 0.6 is 23.2 Å². The van der Waals surface area contributed by atoms with Gasteiger partial charge in [-0.15, -0.1) is 0 Å². The zero-order valence-electron chi connectivity index (χ0n) is 12.4. The number of benzene rings is 1. The van der Waals surface area contributed by atoms with Crippen molar-refractivity contribution in [1.29, 1.82) is 0 Å². The number of rotatable bonds is 5. The van der Waals surface area contributed by atoms with Crippen molar-refractivity contribution in [3.05, 3.63) is 57.8 Å². The zero-order chi connectivity index (χ0) is 16.8. The molecule has 1 aromatic carbocycles. The van der Waals surface area contributed by atoms with Crippen LogP contribution in [0.2, 0.25) is 10.0 Å². The molecule has 0 spiro atoms. The van der Waals surface area contributed by atoms with Crippen molar-refractivity contribution in [2.45, 2.75) is 13.3 Å². The number of pyridine rings is 1. The topological polar surface area (TPSA) is 71.1 Å². The molecule has 23 heavy (non-hydrogen) atoms. The van der Waals surface area contributed by atoms with Crippen molar-refractivity contribution in [3.8, 4) is 0 Å². The van der Waals surface area contributed by atoms with E-state index in [4.69, 9.17) is 23.2 Å². The summed E-state index contributed by atoms with van der Waals surface area (Å²) in [7, 11) is 0. The number of hydrogen-bond donors (Lipinski definition) is 2.